The molecule has 26 heavy (non-hydrogen) atoms. The van der Waals surface area contributed by atoms with Crippen LogP contribution in [0, 0.1) is 0 Å². The first-order chi connectivity index (χ1) is 12.3. The lowest BCUT2D eigenvalue weighted by atomic mass is 9.91. The number of pyridine rings is 1. The lowest BCUT2D eigenvalue weighted by Gasteiger charge is -2.35. The first-order valence-corrected chi connectivity index (χ1v) is 8.22. The molecular weight excluding hydrogens is 364 g/mol. The zero-order valence-corrected chi connectivity index (χ0v) is 14.7. The van der Waals surface area contributed by atoms with Crippen LogP contribution in [0.2, 0.25) is 5.02 Å². The first kappa shape index (κ1) is 18.2. The number of piperidine rings is 1. The molecule has 0 radical (unpaired) electrons. The number of aromatic nitrogens is 3. The molecule has 1 aliphatic rings. The number of hydrogen-bond donors (Lipinski definition) is 3. The number of amides is 1. The fourth-order valence-electron chi connectivity index (χ4n) is 2.76. The number of H-pyrrole nitrogens is 1. The van der Waals surface area contributed by atoms with Crippen molar-refractivity contribution in [2.45, 2.75) is 18.4 Å². The summed E-state index contributed by atoms with van der Waals surface area (Å²) in [6.07, 6.45) is 1.38. The molecule has 0 spiro atoms. The molecule has 0 bridgehead atoms. The maximum Gasteiger partial charge on any atom is 0.335 e. The summed E-state index contributed by atoms with van der Waals surface area (Å²) < 4.78 is 5.07. The Kier molecular flexibility index (Phi) is 4.84. The number of carbonyl (C=O) groups excluding carboxylic acids is 1. The normalized spacial score (nSPS) is 16.3. The van der Waals surface area contributed by atoms with Crippen molar-refractivity contribution in [2.75, 3.05) is 20.2 Å². The van der Waals surface area contributed by atoms with Crippen molar-refractivity contribution in [1.82, 2.24) is 20.1 Å². The average molecular weight is 381 g/mol. The first-order valence-electron chi connectivity index (χ1n) is 7.84. The minimum absolute atomic E-state index is 0.0253. The van der Waals surface area contributed by atoms with E-state index in [4.69, 9.17) is 21.4 Å². The summed E-state index contributed by atoms with van der Waals surface area (Å²) in [4.78, 5) is 29.1. The smallest absolute Gasteiger partial charge is 0.335 e. The topological polar surface area (TPSA) is 129 Å². The predicted molar refractivity (Wildman–Crippen MR) is 91.1 cm³/mol. The Morgan fingerprint density at radius 1 is 1.35 bits per heavy atom. The highest BCUT2D eigenvalue weighted by atomic mass is 35.5. The molecular formula is C16H17ClN4O5. The van der Waals surface area contributed by atoms with Gasteiger partial charge in [-0.25, -0.2) is 9.78 Å². The summed E-state index contributed by atoms with van der Waals surface area (Å²) in [6, 6.07) is 3.17. The second-order valence-corrected chi connectivity index (χ2v) is 6.41. The summed E-state index contributed by atoms with van der Waals surface area (Å²) in [5.74, 6) is -1.23. The highest BCUT2D eigenvalue weighted by Gasteiger charge is 2.40. The number of aliphatic carboxylic acids is 1. The molecule has 1 aliphatic heterocycles. The largest absolute Gasteiger partial charge is 0.481 e. The van der Waals surface area contributed by atoms with Gasteiger partial charge in [0.25, 0.3) is 5.91 Å². The SMILES string of the molecule is COc1cc(-c2cc(C(=O)N3CCC(O)(C(=O)O)CC3)[nH]n2)c(Cl)cn1. The number of nitrogens with one attached hydrogen (secondary N) is 1. The minimum Gasteiger partial charge on any atom is -0.481 e. The van der Waals surface area contributed by atoms with E-state index in [1.165, 1.54) is 18.2 Å². The summed E-state index contributed by atoms with van der Waals surface area (Å²) in [6.45, 7) is 0.277. The van der Waals surface area contributed by atoms with Gasteiger partial charge in [-0.3, -0.25) is 9.89 Å². The van der Waals surface area contributed by atoms with Gasteiger partial charge in [-0.15, -0.1) is 0 Å². The van der Waals surface area contributed by atoms with Crippen LogP contribution < -0.4 is 4.74 Å². The Hall–Kier alpha value is -2.65. The standard InChI is InChI=1S/C16H17ClN4O5/c1-26-13-6-9(10(17)8-18-13)11-7-12(20-19-11)14(22)21-4-2-16(25,3-5-21)15(23)24/h6-8,25H,2-5H2,1H3,(H,19,20)(H,23,24). The van der Waals surface area contributed by atoms with Gasteiger partial charge in [0.05, 0.1) is 24.0 Å². The third-order valence-electron chi connectivity index (χ3n) is 4.40. The van der Waals surface area contributed by atoms with Crippen LogP contribution in [0.5, 0.6) is 5.88 Å². The molecule has 2 aromatic heterocycles. The van der Waals surface area contributed by atoms with Gasteiger partial charge in [0.15, 0.2) is 5.60 Å². The van der Waals surface area contributed by atoms with E-state index in [1.807, 2.05) is 0 Å². The van der Waals surface area contributed by atoms with Crippen molar-refractivity contribution in [3.63, 3.8) is 0 Å². The Bertz CT molecular complexity index is 845. The van der Waals surface area contributed by atoms with Crippen LogP contribution in [-0.2, 0) is 4.79 Å². The van der Waals surface area contributed by atoms with Gasteiger partial charge in [-0.05, 0) is 6.07 Å². The number of methoxy groups -OCH3 is 1. The number of hydrogen-bond acceptors (Lipinski definition) is 6. The van der Waals surface area contributed by atoms with Gasteiger partial charge in [0, 0.05) is 37.6 Å². The Morgan fingerprint density at radius 3 is 2.65 bits per heavy atom. The van der Waals surface area contributed by atoms with E-state index in [-0.39, 0.29) is 37.5 Å². The second-order valence-electron chi connectivity index (χ2n) is 6.00. The fraction of sp³-hybridized carbons (Fsp3) is 0.375. The molecule has 3 N–H and O–H groups in total. The second kappa shape index (κ2) is 6.93. The number of halogens is 1. The van der Waals surface area contributed by atoms with E-state index >= 15 is 0 Å². The van der Waals surface area contributed by atoms with Crippen molar-refractivity contribution in [3.8, 4) is 17.1 Å². The van der Waals surface area contributed by atoms with Crippen molar-refractivity contribution in [1.29, 1.82) is 0 Å². The molecule has 9 nitrogen and oxygen atoms in total. The molecule has 10 heteroatoms. The number of rotatable bonds is 4. The average Bonchev–Trinajstić information content (AvgIpc) is 3.12. The van der Waals surface area contributed by atoms with E-state index in [0.29, 0.717) is 22.2 Å². The number of carboxylic acids is 1. The van der Waals surface area contributed by atoms with Crippen LogP contribution in [0.25, 0.3) is 11.3 Å². The van der Waals surface area contributed by atoms with Crippen LogP contribution >= 0.6 is 11.6 Å². The van der Waals surface area contributed by atoms with E-state index in [9.17, 15) is 14.7 Å². The third-order valence-corrected chi connectivity index (χ3v) is 4.70. The molecule has 138 valence electrons. The number of nitrogens with zero attached hydrogens (tertiary/aromatic N) is 3. The minimum atomic E-state index is -1.78. The Balaban J connectivity index is 1.76. The number of aromatic amines is 1. The van der Waals surface area contributed by atoms with Gasteiger partial charge in [0.1, 0.15) is 5.69 Å². The van der Waals surface area contributed by atoms with Crippen molar-refractivity contribution in [3.05, 3.63) is 29.0 Å². The van der Waals surface area contributed by atoms with Crippen LogP contribution in [0.1, 0.15) is 23.3 Å². The molecule has 3 heterocycles. The molecule has 0 aromatic carbocycles. The van der Waals surface area contributed by atoms with Gasteiger partial charge in [-0.1, -0.05) is 11.6 Å². The van der Waals surface area contributed by atoms with Gasteiger partial charge >= 0.3 is 5.97 Å². The number of aliphatic hydroxyl groups is 1. The number of carboxylic acid groups (broad SMARTS) is 1. The lowest BCUT2D eigenvalue weighted by molar-refractivity contribution is -0.162. The summed E-state index contributed by atoms with van der Waals surface area (Å²) in [7, 11) is 1.48. The molecule has 1 fully saturated rings. The Labute approximate surface area is 153 Å². The monoisotopic (exact) mass is 380 g/mol. The van der Waals surface area contributed by atoms with Crippen LogP contribution in [-0.4, -0.2) is 68.0 Å². The molecule has 0 atom stereocenters. The van der Waals surface area contributed by atoms with Gasteiger partial charge < -0.3 is 19.8 Å². The molecule has 1 saturated heterocycles. The third kappa shape index (κ3) is 3.35. The fourth-order valence-corrected chi connectivity index (χ4v) is 2.96. The molecule has 1 amide bonds. The summed E-state index contributed by atoms with van der Waals surface area (Å²) in [5.41, 5.74) is -0.518. The van der Waals surface area contributed by atoms with E-state index in [2.05, 4.69) is 15.2 Å². The van der Waals surface area contributed by atoms with Crippen LogP contribution in [0.15, 0.2) is 18.3 Å². The van der Waals surface area contributed by atoms with E-state index < -0.39 is 11.6 Å². The van der Waals surface area contributed by atoms with Crippen LogP contribution in [0.3, 0.4) is 0 Å². The van der Waals surface area contributed by atoms with Gasteiger partial charge in [0.2, 0.25) is 5.88 Å². The maximum atomic E-state index is 12.6. The number of ether oxygens (including phenoxy) is 1. The molecule has 0 unspecified atom stereocenters. The van der Waals surface area contributed by atoms with Gasteiger partial charge in [-0.2, -0.15) is 5.10 Å². The quantitative estimate of drug-likeness (QED) is 0.726. The Morgan fingerprint density at radius 2 is 2.04 bits per heavy atom. The zero-order chi connectivity index (χ0) is 18.9. The molecule has 3 rings (SSSR count). The zero-order valence-electron chi connectivity index (χ0n) is 13.9. The number of carbonyl (C=O) groups is 2. The lowest BCUT2D eigenvalue weighted by Crippen LogP contribution is -2.50. The predicted octanol–water partition coefficient (Wildman–Crippen LogP) is 1.19. The van der Waals surface area contributed by atoms with E-state index in [1.54, 1.807) is 12.1 Å². The summed E-state index contributed by atoms with van der Waals surface area (Å²) in [5, 5.41) is 26.1. The summed E-state index contributed by atoms with van der Waals surface area (Å²) >= 11 is 6.14. The highest BCUT2D eigenvalue weighted by molar-refractivity contribution is 6.33. The van der Waals surface area contributed by atoms with Crippen LogP contribution in [0.4, 0.5) is 0 Å². The molecule has 0 aliphatic carbocycles. The highest BCUT2D eigenvalue weighted by Crippen LogP contribution is 2.29. The van der Waals surface area contributed by atoms with E-state index in [0.717, 1.165) is 0 Å². The molecule has 2 aromatic rings. The van der Waals surface area contributed by atoms with Crippen molar-refractivity contribution in [2.24, 2.45) is 0 Å². The van der Waals surface area contributed by atoms with Crippen molar-refractivity contribution >= 4 is 23.5 Å². The van der Waals surface area contributed by atoms with Crippen molar-refractivity contribution < 1.29 is 24.5 Å². The number of likely N-dealkylation sites (tertiary alicyclic amines) is 1. The maximum absolute atomic E-state index is 12.6. The molecule has 0 saturated carbocycles.